The van der Waals surface area contributed by atoms with Crippen molar-refractivity contribution in [3.05, 3.63) is 50.3 Å². The maximum atomic E-state index is 12.1. The maximum Gasteiger partial charge on any atom is 0.256 e. The molecule has 0 saturated heterocycles. The van der Waals surface area contributed by atoms with E-state index in [1.165, 1.54) is 11.3 Å². The van der Waals surface area contributed by atoms with Gasteiger partial charge in [0.05, 0.1) is 5.56 Å². The Morgan fingerprint density at radius 1 is 1.42 bits per heavy atom. The predicted octanol–water partition coefficient (Wildman–Crippen LogP) is 4.25. The van der Waals surface area contributed by atoms with Crippen LogP contribution in [-0.2, 0) is 0 Å². The maximum absolute atomic E-state index is 12.1. The van der Waals surface area contributed by atoms with Crippen LogP contribution in [0.4, 0.5) is 5.00 Å². The van der Waals surface area contributed by atoms with E-state index in [4.69, 9.17) is 5.26 Å². The van der Waals surface area contributed by atoms with Crippen LogP contribution in [0.15, 0.2) is 28.7 Å². The number of anilines is 1. The molecule has 1 aromatic carbocycles. The normalized spacial score (nSPS) is 10.0. The number of carbonyl (C=O) groups excluding carboxylic acids is 1. The van der Waals surface area contributed by atoms with E-state index in [0.717, 1.165) is 14.9 Å². The van der Waals surface area contributed by atoms with Crippen LogP contribution in [0, 0.1) is 25.2 Å². The number of thiophene rings is 1. The molecular formula is C14H11BrN2OS. The van der Waals surface area contributed by atoms with Gasteiger partial charge in [-0.05, 0) is 37.6 Å². The fourth-order valence-corrected chi connectivity index (χ4v) is 3.06. The molecule has 19 heavy (non-hydrogen) atoms. The average Bonchev–Trinajstić information content (AvgIpc) is 2.64. The van der Waals surface area contributed by atoms with Gasteiger partial charge in [0.2, 0.25) is 0 Å². The van der Waals surface area contributed by atoms with Gasteiger partial charge in [0.15, 0.2) is 0 Å². The van der Waals surface area contributed by atoms with Gasteiger partial charge in [0.1, 0.15) is 11.1 Å². The van der Waals surface area contributed by atoms with E-state index >= 15 is 0 Å². The van der Waals surface area contributed by atoms with E-state index in [1.54, 1.807) is 18.2 Å². The molecule has 0 bridgehead atoms. The van der Waals surface area contributed by atoms with Gasteiger partial charge >= 0.3 is 0 Å². The number of nitriles is 1. The van der Waals surface area contributed by atoms with Crippen molar-refractivity contribution in [2.75, 3.05) is 5.32 Å². The summed E-state index contributed by atoms with van der Waals surface area (Å²) < 4.78 is 0.846. The summed E-state index contributed by atoms with van der Waals surface area (Å²) in [6.45, 7) is 3.83. The number of amides is 1. The van der Waals surface area contributed by atoms with Crippen LogP contribution in [0.25, 0.3) is 0 Å². The minimum absolute atomic E-state index is 0.209. The minimum Gasteiger partial charge on any atom is -0.312 e. The second-order valence-electron chi connectivity index (χ2n) is 4.06. The zero-order valence-electron chi connectivity index (χ0n) is 10.5. The molecule has 1 heterocycles. The predicted molar refractivity (Wildman–Crippen MR) is 80.6 cm³/mol. The number of halogens is 1. The Hall–Kier alpha value is -1.64. The van der Waals surface area contributed by atoms with Gasteiger partial charge in [0, 0.05) is 14.9 Å². The fraction of sp³-hybridized carbons (Fsp3) is 0.143. The molecule has 1 amide bonds. The molecule has 3 nitrogen and oxygen atoms in total. The number of nitrogens with one attached hydrogen (secondary N) is 1. The summed E-state index contributed by atoms with van der Waals surface area (Å²) in [4.78, 5) is 13.2. The number of carbonyl (C=O) groups is 1. The van der Waals surface area contributed by atoms with Gasteiger partial charge in [-0.1, -0.05) is 22.0 Å². The molecule has 2 aromatic rings. The first-order chi connectivity index (χ1) is 9.02. The van der Waals surface area contributed by atoms with Crippen molar-refractivity contribution >= 4 is 38.2 Å². The molecule has 5 heteroatoms. The lowest BCUT2D eigenvalue weighted by Gasteiger charge is -2.03. The molecule has 1 aromatic heterocycles. The quantitative estimate of drug-likeness (QED) is 0.892. The third-order valence-corrected chi connectivity index (χ3v) is 4.43. The lowest BCUT2D eigenvalue weighted by Crippen LogP contribution is -2.11. The Labute approximate surface area is 124 Å². The second-order valence-corrected chi connectivity index (χ2v) is 6.20. The van der Waals surface area contributed by atoms with Crippen LogP contribution in [0.2, 0.25) is 0 Å². The van der Waals surface area contributed by atoms with Gasteiger partial charge in [-0.25, -0.2) is 0 Å². The topological polar surface area (TPSA) is 52.9 Å². The molecule has 0 fully saturated rings. The molecule has 0 unspecified atom stereocenters. The fourth-order valence-electron chi connectivity index (χ4n) is 1.65. The molecule has 0 aliphatic carbocycles. The summed E-state index contributed by atoms with van der Waals surface area (Å²) in [6, 6.07) is 9.28. The highest BCUT2D eigenvalue weighted by molar-refractivity contribution is 9.10. The van der Waals surface area contributed by atoms with Crippen molar-refractivity contribution in [3.8, 4) is 6.07 Å². The third-order valence-electron chi connectivity index (χ3n) is 2.81. The van der Waals surface area contributed by atoms with Crippen LogP contribution < -0.4 is 5.32 Å². The first kappa shape index (κ1) is 13.8. The van der Waals surface area contributed by atoms with Crippen molar-refractivity contribution in [2.24, 2.45) is 0 Å². The van der Waals surface area contributed by atoms with E-state index in [0.29, 0.717) is 16.1 Å². The first-order valence-electron chi connectivity index (χ1n) is 5.60. The zero-order valence-corrected chi connectivity index (χ0v) is 12.9. The third kappa shape index (κ3) is 2.86. The highest BCUT2D eigenvalue weighted by atomic mass is 79.9. The number of rotatable bonds is 2. The van der Waals surface area contributed by atoms with E-state index in [-0.39, 0.29) is 5.91 Å². The molecule has 0 aliphatic rings. The van der Waals surface area contributed by atoms with E-state index < -0.39 is 0 Å². The van der Waals surface area contributed by atoms with Crippen LogP contribution in [0.5, 0.6) is 0 Å². The first-order valence-corrected chi connectivity index (χ1v) is 7.21. The standard InChI is InChI=1S/C14H11BrN2OS/c1-8-9(2)19-14(12(8)7-16)17-13(18)10-4-3-5-11(15)6-10/h3-6H,1-2H3,(H,17,18). The van der Waals surface area contributed by atoms with Crippen LogP contribution in [0.1, 0.15) is 26.4 Å². The smallest absolute Gasteiger partial charge is 0.256 e. The summed E-state index contributed by atoms with van der Waals surface area (Å²) in [7, 11) is 0. The van der Waals surface area contributed by atoms with Gasteiger partial charge in [-0.15, -0.1) is 11.3 Å². The van der Waals surface area contributed by atoms with E-state index in [2.05, 4.69) is 27.3 Å². The molecular weight excluding hydrogens is 324 g/mol. The van der Waals surface area contributed by atoms with E-state index in [9.17, 15) is 4.79 Å². The number of nitrogens with zero attached hydrogens (tertiary/aromatic N) is 1. The van der Waals surface area contributed by atoms with Crippen molar-refractivity contribution in [1.29, 1.82) is 5.26 Å². The molecule has 0 aliphatic heterocycles. The minimum atomic E-state index is -0.209. The van der Waals surface area contributed by atoms with Gasteiger partial charge in [-0.3, -0.25) is 4.79 Å². The zero-order chi connectivity index (χ0) is 14.0. The Balaban J connectivity index is 2.30. The van der Waals surface area contributed by atoms with Crippen molar-refractivity contribution in [3.63, 3.8) is 0 Å². The Bertz CT molecular complexity index is 685. The van der Waals surface area contributed by atoms with Crippen LogP contribution in [-0.4, -0.2) is 5.91 Å². The number of benzene rings is 1. The molecule has 2 rings (SSSR count). The van der Waals surface area contributed by atoms with Crippen LogP contribution in [0.3, 0.4) is 0 Å². The summed E-state index contributed by atoms with van der Waals surface area (Å²) in [5, 5.41) is 12.6. The lowest BCUT2D eigenvalue weighted by molar-refractivity contribution is 0.102. The molecule has 1 N–H and O–H groups in total. The largest absolute Gasteiger partial charge is 0.312 e. The van der Waals surface area contributed by atoms with E-state index in [1.807, 2.05) is 19.9 Å². The molecule has 0 saturated carbocycles. The van der Waals surface area contributed by atoms with Crippen molar-refractivity contribution < 1.29 is 4.79 Å². The Kier molecular flexibility index (Phi) is 4.03. The van der Waals surface area contributed by atoms with Gasteiger partial charge < -0.3 is 5.32 Å². The highest BCUT2D eigenvalue weighted by Crippen LogP contribution is 2.32. The molecule has 0 radical (unpaired) electrons. The Morgan fingerprint density at radius 3 is 2.79 bits per heavy atom. The second kappa shape index (κ2) is 5.55. The molecule has 96 valence electrons. The van der Waals surface area contributed by atoms with Crippen LogP contribution >= 0.6 is 27.3 Å². The number of hydrogen-bond donors (Lipinski definition) is 1. The average molecular weight is 335 g/mol. The number of aryl methyl sites for hydroxylation is 1. The molecule has 0 spiro atoms. The highest BCUT2D eigenvalue weighted by Gasteiger charge is 2.15. The summed E-state index contributed by atoms with van der Waals surface area (Å²) in [5.74, 6) is -0.209. The lowest BCUT2D eigenvalue weighted by atomic mass is 10.2. The summed E-state index contributed by atoms with van der Waals surface area (Å²) >= 11 is 4.76. The van der Waals surface area contributed by atoms with Crippen molar-refractivity contribution in [2.45, 2.75) is 13.8 Å². The van der Waals surface area contributed by atoms with Gasteiger partial charge in [-0.2, -0.15) is 5.26 Å². The summed E-state index contributed by atoms with van der Waals surface area (Å²) in [6.07, 6.45) is 0. The Morgan fingerprint density at radius 2 is 2.16 bits per heavy atom. The molecule has 0 atom stereocenters. The number of hydrogen-bond acceptors (Lipinski definition) is 3. The summed E-state index contributed by atoms with van der Waals surface area (Å²) in [5.41, 5.74) is 2.03. The SMILES string of the molecule is Cc1sc(NC(=O)c2cccc(Br)c2)c(C#N)c1C. The monoisotopic (exact) mass is 334 g/mol. The van der Waals surface area contributed by atoms with Crippen molar-refractivity contribution in [1.82, 2.24) is 0 Å². The van der Waals surface area contributed by atoms with Gasteiger partial charge in [0.25, 0.3) is 5.91 Å².